The van der Waals surface area contributed by atoms with Crippen LogP contribution in [0.15, 0.2) is 54.9 Å². The predicted octanol–water partition coefficient (Wildman–Crippen LogP) is 2.89. The number of fused-ring (bicyclic) bond motifs is 5. The molecule has 1 fully saturated rings. The molecule has 0 unspecified atom stereocenters. The van der Waals surface area contributed by atoms with Crippen LogP contribution in [0.25, 0.3) is 5.82 Å². The van der Waals surface area contributed by atoms with Gasteiger partial charge >= 0.3 is 0 Å². The summed E-state index contributed by atoms with van der Waals surface area (Å²) < 4.78 is 7.72. The molecule has 3 aliphatic rings. The number of carbonyl (C=O) groups excluding carboxylic acids is 2. The Balaban J connectivity index is 1.37. The Hall–Kier alpha value is -3.81. The van der Waals surface area contributed by atoms with Gasteiger partial charge in [-0.25, -0.2) is 4.98 Å². The van der Waals surface area contributed by atoms with Crippen LogP contribution in [0.4, 0.5) is 5.69 Å². The number of nitrogens with one attached hydrogen (secondary N) is 1. The number of likely N-dealkylation sites (tertiary alicyclic amines) is 1. The molecule has 35 heavy (non-hydrogen) atoms. The molecule has 0 radical (unpaired) electrons. The molecular weight excluding hydrogens is 442 g/mol. The second-order valence-electron chi connectivity index (χ2n) is 9.85. The van der Waals surface area contributed by atoms with Gasteiger partial charge in [0.1, 0.15) is 11.3 Å². The van der Waals surface area contributed by atoms with Gasteiger partial charge in [0.2, 0.25) is 5.91 Å². The van der Waals surface area contributed by atoms with Gasteiger partial charge in [-0.15, -0.1) is 0 Å². The molecule has 3 aromatic rings. The van der Waals surface area contributed by atoms with Crippen molar-refractivity contribution < 1.29 is 14.3 Å². The second-order valence-corrected chi connectivity index (χ2v) is 9.85. The Morgan fingerprint density at radius 2 is 2.09 bits per heavy atom. The molecule has 1 spiro atoms. The number of aromatic nitrogens is 2. The van der Waals surface area contributed by atoms with Crippen LogP contribution in [0, 0.1) is 0 Å². The molecule has 8 nitrogen and oxygen atoms in total. The van der Waals surface area contributed by atoms with E-state index in [9.17, 15) is 9.59 Å². The number of hydrogen-bond donors (Lipinski definition) is 1. The molecule has 0 saturated carbocycles. The van der Waals surface area contributed by atoms with Crippen molar-refractivity contribution in [3.63, 3.8) is 0 Å². The summed E-state index contributed by atoms with van der Waals surface area (Å²) in [5.74, 6) is 1.64. The van der Waals surface area contributed by atoms with E-state index in [1.165, 1.54) is 0 Å². The Kier molecular flexibility index (Phi) is 5.05. The largest absolute Gasteiger partial charge is 0.493 e. The molecule has 5 heterocycles. The molecule has 6 rings (SSSR count). The maximum Gasteiger partial charge on any atom is 0.253 e. The number of amides is 2. The number of rotatable bonds is 4. The number of ether oxygens (including phenoxy) is 1. The third-order valence-electron chi connectivity index (χ3n) is 7.25. The first-order chi connectivity index (χ1) is 17.0. The second kappa shape index (κ2) is 8.15. The van der Waals surface area contributed by atoms with Crippen LogP contribution < -0.4 is 15.0 Å². The molecule has 1 N–H and O–H groups in total. The number of pyridine rings is 1. The van der Waals surface area contributed by atoms with Crippen LogP contribution in [-0.4, -0.2) is 58.5 Å². The minimum Gasteiger partial charge on any atom is -0.493 e. The summed E-state index contributed by atoms with van der Waals surface area (Å²) in [7, 11) is 0. The minimum absolute atomic E-state index is 0.0123. The van der Waals surface area contributed by atoms with Crippen LogP contribution in [-0.2, 0) is 16.8 Å². The van der Waals surface area contributed by atoms with Crippen molar-refractivity contribution in [1.82, 2.24) is 19.8 Å². The Morgan fingerprint density at radius 1 is 1.20 bits per heavy atom. The summed E-state index contributed by atoms with van der Waals surface area (Å²) in [4.78, 5) is 35.3. The number of benzene rings is 1. The van der Waals surface area contributed by atoms with Gasteiger partial charge < -0.3 is 24.4 Å². The van der Waals surface area contributed by atoms with Gasteiger partial charge in [0.05, 0.1) is 24.5 Å². The van der Waals surface area contributed by atoms with Gasteiger partial charge in [-0.2, -0.15) is 0 Å². The van der Waals surface area contributed by atoms with E-state index >= 15 is 0 Å². The number of hydrogen-bond acceptors (Lipinski definition) is 5. The third kappa shape index (κ3) is 3.47. The molecule has 2 amide bonds. The molecule has 1 atom stereocenters. The van der Waals surface area contributed by atoms with Gasteiger partial charge in [-0.05, 0) is 68.3 Å². The topological polar surface area (TPSA) is 79.7 Å². The van der Waals surface area contributed by atoms with E-state index in [-0.39, 0.29) is 24.4 Å². The van der Waals surface area contributed by atoms with E-state index in [1.807, 2.05) is 61.3 Å². The predicted molar refractivity (Wildman–Crippen MR) is 132 cm³/mol. The fourth-order valence-corrected chi connectivity index (χ4v) is 5.74. The molecular formula is C27H29N5O3. The lowest BCUT2D eigenvalue weighted by Gasteiger charge is -2.46. The van der Waals surface area contributed by atoms with Gasteiger partial charge in [0.15, 0.2) is 5.82 Å². The van der Waals surface area contributed by atoms with Crippen LogP contribution in [0.5, 0.6) is 5.75 Å². The smallest absolute Gasteiger partial charge is 0.253 e. The van der Waals surface area contributed by atoms with Crippen LogP contribution in [0.2, 0.25) is 0 Å². The first-order valence-electron chi connectivity index (χ1n) is 12.2. The first-order valence-corrected chi connectivity index (χ1v) is 12.2. The average Bonchev–Trinajstić information content (AvgIpc) is 3.60. The zero-order chi connectivity index (χ0) is 24.2. The standard InChI is InChI=1S/C27H29N5O3/c1-18(2)29-24(33)16-32-21-5-3-11-28-25(21)31-12-4-6-23(31)27(32)10-13-30(17-27)26(34)20-7-8-22-19(15-20)9-14-35-22/h3-8,11-12,15,18H,9-10,13-14,16-17H2,1-2H3,(H,29,33)/t27-/m0/s1. The molecule has 2 aromatic heterocycles. The SMILES string of the molecule is CC(C)NC(=O)CN1c2cccnc2-n2cccc2[C@@]12CCN(C(=O)c1ccc3c(c1)CCO3)C2. The van der Waals surface area contributed by atoms with E-state index in [0.29, 0.717) is 25.3 Å². The van der Waals surface area contributed by atoms with Gasteiger partial charge in [0, 0.05) is 43.5 Å². The van der Waals surface area contributed by atoms with E-state index < -0.39 is 5.54 Å². The molecule has 0 bridgehead atoms. The summed E-state index contributed by atoms with van der Waals surface area (Å²) in [6, 6.07) is 13.8. The van der Waals surface area contributed by atoms with Crippen molar-refractivity contribution in [3.05, 3.63) is 71.7 Å². The molecule has 8 heteroatoms. The summed E-state index contributed by atoms with van der Waals surface area (Å²) >= 11 is 0. The summed E-state index contributed by atoms with van der Waals surface area (Å²) in [5.41, 5.74) is 3.20. The summed E-state index contributed by atoms with van der Waals surface area (Å²) in [6.45, 7) is 5.88. The first kappa shape index (κ1) is 21.7. The number of anilines is 1. The highest BCUT2D eigenvalue weighted by Crippen LogP contribution is 2.47. The lowest BCUT2D eigenvalue weighted by Crippen LogP contribution is -2.56. The van der Waals surface area contributed by atoms with Crippen molar-refractivity contribution in [2.75, 3.05) is 31.1 Å². The van der Waals surface area contributed by atoms with Crippen molar-refractivity contribution in [3.8, 4) is 11.6 Å². The highest BCUT2D eigenvalue weighted by molar-refractivity contribution is 5.95. The highest BCUT2D eigenvalue weighted by Gasteiger charge is 2.51. The van der Waals surface area contributed by atoms with Gasteiger partial charge in [0.25, 0.3) is 5.91 Å². The summed E-state index contributed by atoms with van der Waals surface area (Å²) in [5, 5.41) is 3.03. The number of carbonyl (C=O) groups is 2. The zero-order valence-electron chi connectivity index (χ0n) is 20.0. The lowest BCUT2D eigenvalue weighted by atomic mass is 9.88. The minimum atomic E-state index is -0.524. The van der Waals surface area contributed by atoms with E-state index in [0.717, 1.165) is 41.4 Å². The number of nitrogens with zero attached hydrogens (tertiary/aromatic N) is 4. The zero-order valence-corrected chi connectivity index (χ0v) is 20.0. The molecule has 1 saturated heterocycles. The average molecular weight is 472 g/mol. The Labute approximate surface area is 204 Å². The fourth-order valence-electron chi connectivity index (χ4n) is 5.74. The molecule has 0 aliphatic carbocycles. The highest BCUT2D eigenvalue weighted by atomic mass is 16.5. The quantitative estimate of drug-likeness (QED) is 0.633. The van der Waals surface area contributed by atoms with Gasteiger partial charge in [-0.3, -0.25) is 9.59 Å². The van der Waals surface area contributed by atoms with Crippen molar-refractivity contribution in [2.45, 2.75) is 38.3 Å². The monoisotopic (exact) mass is 471 g/mol. The van der Waals surface area contributed by atoms with Crippen LogP contribution in [0.1, 0.15) is 41.9 Å². The normalized spacial score (nSPS) is 20.0. The summed E-state index contributed by atoms with van der Waals surface area (Å²) in [6.07, 6.45) is 5.34. The Morgan fingerprint density at radius 3 is 2.94 bits per heavy atom. The van der Waals surface area contributed by atoms with Crippen molar-refractivity contribution in [2.24, 2.45) is 0 Å². The van der Waals surface area contributed by atoms with Crippen LogP contribution >= 0.6 is 0 Å². The van der Waals surface area contributed by atoms with E-state index in [2.05, 4.69) is 25.8 Å². The fraction of sp³-hybridized carbons (Fsp3) is 0.370. The van der Waals surface area contributed by atoms with E-state index in [4.69, 9.17) is 4.74 Å². The van der Waals surface area contributed by atoms with Gasteiger partial charge in [-0.1, -0.05) is 0 Å². The maximum atomic E-state index is 13.6. The lowest BCUT2D eigenvalue weighted by molar-refractivity contribution is -0.120. The Bertz CT molecular complexity index is 1320. The maximum absolute atomic E-state index is 13.6. The van der Waals surface area contributed by atoms with Crippen molar-refractivity contribution >= 4 is 17.5 Å². The van der Waals surface area contributed by atoms with E-state index in [1.54, 1.807) is 6.20 Å². The molecule has 3 aliphatic heterocycles. The third-order valence-corrected chi connectivity index (χ3v) is 7.25. The van der Waals surface area contributed by atoms with Crippen LogP contribution in [0.3, 0.4) is 0 Å². The van der Waals surface area contributed by atoms with Crippen molar-refractivity contribution in [1.29, 1.82) is 0 Å². The molecule has 180 valence electrons. The molecule has 1 aromatic carbocycles.